The highest BCUT2D eigenvalue weighted by atomic mass is 16.1. The minimum Gasteiger partial charge on any atom is -0.370 e. The molecule has 0 bridgehead atoms. The van der Waals surface area contributed by atoms with Gasteiger partial charge in [-0.15, -0.1) is 0 Å². The highest BCUT2D eigenvalue weighted by molar-refractivity contribution is 5.73. The van der Waals surface area contributed by atoms with Crippen LogP contribution in [0.5, 0.6) is 0 Å². The van der Waals surface area contributed by atoms with Crippen LogP contribution in [-0.2, 0) is 4.79 Å². The van der Waals surface area contributed by atoms with Crippen molar-refractivity contribution >= 4 is 5.91 Å². The Morgan fingerprint density at radius 2 is 1.81 bits per heavy atom. The van der Waals surface area contributed by atoms with Crippen molar-refractivity contribution in [1.29, 1.82) is 0 Å². The quantitative estimate of drug-likeness (QED) is 0.771. The molecule has 1 amide bonds. The number of amides is 1. The summed E-state index contributed by atoms with van der Waals surface area (Å²) >= 11 is 0. The van der Waals surface area contributed by atoms with E-state index in [2.05, 4.69) is 26.1 Å². The zero-order valence-corrected chi connectivity index (χ0v) is 10.9. The average Bonchev–Trinajstić information content (AvgIpc) is 2.16. The van der Waals surface area contributed by atoms with Gasteiger partial charge in [0.1, 0.15) is 0 Å². The fourth-order valence-electron chi connectivity index (χ4n) is 2.56. The number of primary amides is 1. The first-order chi connectivity index (χ1) is 7.39. The van der Waals surface area contributed by atoms with Gasteiger partial charge in [-0.2, -0.15) is 0 Å². The second-order valence-corrected chi connectivity index (χ2v) is 6.09. The summed E-state index contributed by atoms with van der Waals surface area (Å²) in [7, 11) is 0. The summed E-state index contributed by atoms with van der Waals surface area (Å²) in [5.41, 5.74) is 5.55. The molecule has 3 heteroatoms. The first-order valence-corrected chi connectivity index (χ1v) is 6.41. The van der Waals surface area contributed by atoms with E-state index in [4.69, 9.17) is 5.73 Å². The van der Waals surface area contributed by atoms with Crippen LogP contribution in [0.3, 0.4) is 0 Å². The molecule has 0 aromatic heterocycles. The van der Waals surface area contributed by atoms with E-state index in [1.807, 2.05) is 0 Å². The van der Waals surface area contributed by atoms with Gasteiger partial charge in [0.25, 0.3) is 0 Å². The third-order valence-corrected chi connectivity index (χ3v) is 3.76. The molecule has 1 rings (SSSR count). The molecule has 0 aromatic rings. The molecule has 1 aliphatic carbocycles. The van der Waals surface area contributed by atoms with Gasteiger partial charge in [0.05, 0.1) is 0 Å². The molecular formula is C13H26N2O. The molecule has 3 N–H and O–H groups in total. The van der Waals surface area contributed by atoms with Crippen LogP contribution in [0, 0.1) is 11.3 Å². The SMILES string of the molecule is CC(C)(C)C1CCC(NCCC(N)=O)CC1. The van der Waals surface area contributed by atoms with Crippen molar-refractivity contribution < 1.29 is 4.79 Å². The monoisotopic (exact) mass is 226 g/mol. The first kappa shape index (κ1) is 13.5. The van der Waals surface area contributed by atoms with E-state index in [1.54, 1.807) is 0 Å². The van der Waals surface area contributed by atoms with Gasteiger partial charge in [-0.3, -0.25) is 4.79 Å². The van der Waals surface area contributed by atoms with Crippen LogP contribution in [-0.4, -0.2) is 18.5 Å². The van der Waals surface area contributed by atoms with E-state index in [0.29, 0.717) is 17.9 Å². The standard InChI is InChI=1S/C13H26N2O/c1-13(2,3)10-4-6-11(7-5-10)15-9-8-12(14)16/h10-11,15H,4-9H2,1-3H3,(H2,14,16). The van der Waals surface area contributed by atoms with Crippen molar-refractivity contribution in [3.05, 3.63) is 0 Å². The van der Waals surface area contributed by atoms with Crippen LogP contribution in [0.25, 0.3) is 0 Å². The van der Waals surface area contributed by atoms with Crippen LogP contribution in [0.2, 0.25) is 0 Å². The second-order valence-electron chi connectivity index (χ2n) is 6.09. The van der Waals surface area contributed by atoms with Gasteiger partial charge < -0.3 is 11.1 Å². The van der Waals surface area contributed by atoms with Crippen molar-refractivity contribution in [3.63, 3.8) is 0 Å². The summed E-state index contributed by atoms with van der Waals surface area (Å²) in [6.07, 6.45) is 5.54. The lowest BCUT2D eigenvalue weighted by Gasteiger charge is -2.37. The highest BCUT2D eigenvalue weighted by Gasteiger charge is 2.29. The van der Waals surface area contributed by atoms with Crippen LogP contribution in [0.15, 0.2) is 0 Å². The van der Waals surface area contributed by atoms with Gasteiger partial charge in [-0.1, -0.05) is 20.8 Å². The largest absolute Gasteiger partial charge is 0.370 e. The van der Waals surface area contributed by atoms with Gasteiger partial charge >= 0.3 is 0 Å². The number of nitrogens with one attached hydrogen (secondary N) is 1. The summed E-state index contributed by atoms with van der Waals surface area (Å²) in [5.74, 6) is 0.637. The normalized spacial score (nSPS) is 26.7. The predicted molar refractivity (Wildman–Crippen MR) is 67.0 cm³/mol. The molecule has 16 heavy (non-hydrogen) atoms. The summed E-state index contributed by atoms with van der Waals surface area (Å²) < 4.78 is 0. The number of nitrogens with two attached hydrogens (primary N) is 1. The summed E-state index contributed by atoms with van der Waals surface area (Å²) in [5, 5.41) is 3.42. The molecule has 0 atom stereocenters. The lowest BCUT2D eigenvalue weighted by molar-refractivity contribution is -0.117. The molecule has 0 unspecified atom stereocenters. The maximum absolute atomic E-state index is 10.6. The minimum absolute atomic E-state index is 0.212. The first-order valence-electron chi connectivity index (χ1n) is 6.41. The van der Waals surface area contributed by atoms with Crippen molar-refractivity contribution in [2.24, 2.45) is 17.1 Å². The Balaban J connectivity index is 2.19. The van der Waals surface area contributed by atoms with Crippen molar-refractivity contribution in [2.45, 2.75) is 58.9 Å². The summed E-state index contributed by atoms with van der Waals surface area (Å²) in [6.45, 7) is 7.73. The topological polar surface area (TPSA) is 55.1 Å². The number of carbonyl (C=O) groups excluding carboxylic acids is 1. The van der Waals surface area contributed by atoms with Crippen molar-refractivity contribution in [3.8, 4) is 0 Å². The third kappa shape index (κ3) is 4.52. The predicted octanol–water partition coefficient (Wildman–Crippen LogP) is 2.06. The molecule has 0 spiro atoms. The molecule has 0 radical (unpaired) electrons. The number of hydrogen-bond donors (Lipinski definition) is 2. The Morgan fingerprint density at radius 1 is 1.25 bits per heavy atom. The Bertz CT molecular complexity index is 225. The Labute approximate surface area is 99.2 Å². The molecule has 3 nitrogen and oxygen atoms in total. The van der Waals surface area contributed by atoms with Crippen LogP contribution in [0.1, 0.15) is 52.9 Å². The third-order valence-electron chi connectivity index (χ3n) is 3.76. The van der Waals surface area contributed by atoms with Gasteiger partial charge in [-0.05, 0) is 37.0 Å². The van der Waals surface area contributed by atoms with E-state index in [0.717, 1.165) is 12.5 Å². The fourth-order valence-corrected chi connectivity index (χ4v) is 2.56. The molecule has 1 aliphatic rings. The van der Waals surface area contributed by atoms with E-state index in [1.165, 1.54) is 25.7 Å². The van der Waals surface area contributed by atoms with Gasteiger partial charge in [0.2, 0.25) is 5.91 Å². The van der Waals surface area contributed by atoms with E-state index in [-0.39, 0.29) is 5.91 Å². The van der Waals surface area contributed by atoms with Crippen molar-refractivity contribution in [1.82, 2.24) is 5.32 Å². The Hall–Kier alpha value is -0.570. The van der Waals surface area contributed by atoms with E-state index in [9.17, 15) is 4.79 Å². The average molecular weight is 226 g/mol. The minimum atomic E-state index is -0.212. The zero-order valence-electron chi connectivity index (χ0n) is 10.9. The van der Waals surface area contributed by atoms with Gasteiger partial charge in [-0.25, -0.2) is 0 Å². The molecule has 0 saturated heterocycles. The maximum atomic E-state index is 10.6. The maximum Gasteiger partial charge on any atom is 0.218 e. The summed E-state index contributed by atoms with van der Waals surface area (Å²) in [4.78, 5) is 10.6. The van der Waals surface area contributed by atoms with E-state index >= 15 is 0 Å². The highest BCUT2D eigenvalue weighted by Crippen LogP contribution is 2.37. The molecule has 0 aliphatic heterocycles. The van der Waals surface area contributed by atoms with E-state index < -0.39 is 0 Å². The number of rotatable bonds is 4. The smallest absolute Gasteiger partial charge is 0.218 e. The molecule has 1 saturated carbocycles. The fraction of sp³-hybridized carbons (Fsp3) is 0.923. The Morgan fingerprint density at radius 3 is 2.25 bits per heavy atom. The molecule has 0 heterocycles. The van der Waals surface area contributed by atoms with Crippen LogP contribution < -0.4 is 11.1 Å². The molecular weight excluding hydrogens is 200 g/mol. The lowest BCUT2D eigenvalue weighted by atomic mass is 9.71. The van der Waals surface area contributed by atoms with Crippen molar-refractivity contribution in [2.75, 3.05) is 6.54 Å². The molecule has 1 fully saturated rings. The number of hydrogen-bond acceptors (Lipinski definition) is 2. The zero-order chi connectivity index (χ0) is 12.2. The Kier molecular flexibility index (Phi) is 4.78. The second kappa shape index (κ2) is 5.67. The van der Waals surface area contributed by atoms with Gasteiger partial charge in [0, 0.05) is 19.0 Å². The summed E-state index contributed by atoms with van der Waals surface area (Å²) in [6, 6.07) is 0.595. The number of carbonyl (C=O) groups is 1. The van der Waals surface area contributed by atoms with Crippen LogP contribution >= 0.6 is 0 Å². The lowest BCUT2D eigenvalue weighted by Crippen LogP contribution is -2.37. The van der Waals surface area contributed by atoms with Crippen LogP contribution in [0.4, 0.5) is 0 Å². The molecule has 0 aromatic carbocycles. The van der Waals surface area contributed by atoms with Gasteiger partial charge in [0.15, 0.2) is 0 Å². The molecule has 94 valence electrons.